The molecule has 29 heavy (non-hydrogen) atoms. The molecular formula is C24H28N2O2S. The van der Waals surface area contributed by atoms with E-state index in [1.54, 1.807) is 18.4 Å². The number of nitrogens with one attached hydrogen (secondary N) is 2. The molecule has 1 amide bonds. The van der Waals surface area contributed by atoms with Gasteiger partial charge >= 0.3 is 0 Å². The lowest BCUT2D eigenvalue weighted by atomic mass is 10.0. The third-order valence-electron chi connectivity index (χ3n) is 4.92. The molecule has 0 unspecified atom stereocenters. The van der Waals surface area contributed by atoms with Crippen LogP contribution >= 0.6 is 11.3 Å². The largest absolute Gasteiger partial charge is 0.496 e. The predicted octanol–water partition coefficient (Wildman–Crippen LogP) is 4.36. The number of amides is 1. The molecule has 1 atom stereocenters. The van der Waals surface area contributed by atoms with E-state index in [0.717, 1.165) is 24.2 Å². The highest BCUT2D eigenvalue weighted by Gasteiger charge is 2.16. The molecule has 0 saturated carbocycles. The second-order valence-electron chi connectivity index (χ2n) is 6.84. The van der Waals surface area contributed by atoms with E-state index in [4.69, 9.17) is 4.74 Å². The highest BCUT2D eigenvalue weighted by Crippen LogP contribution is 2.26. The summed E-state index contributed by atoms with van der Waals surface area (Å²) in [4.78, 5) is 13.6. The summed E-state index contributed by atoms with van der Waals surface area (Å²) in [5.74, 6) is 0.847. The standard InChI is InChI=1S/C24H28N2O2S/c1-3-18-10-12-20(13-11-18)24(22-9-6-16-29-22)26-17-23(27)25-15-14-19-7-4-5-8-21(19)28-2/h4-13,16,24,26H,3,14-15,17H2,1-2H3,(H,25,27)/t24-/m1/s1. The first-order valence-corrected chi connectivity index (χ1v) is 10.8. The van der Waals surface area contributed by atoms with E-state index in [1.807, 2.05) is 30.3 Å². The smallest absolute Gasteiger partial charge is 0.233 e. The molecule has 0 fully saturated rings. The van der Waals surface area contributed by atoms with Gasteiger partial charge in [0.15, 0.2) is 0 Å². The normalized spacial score (nSPS) is 11.8. The molecule has 5 heteroatoms. The Labute approximate surface area is 176 Å². The fraction of sp³-hybridized carbons (Fsp3) is 0.292. The minimum absolute atomic E-state index is 0.00775. The van der Waals surface area contributed by atoms with Gasteiger partial charge in [-0.15, -0.1) is 11.3 Å². The van der Waals surface area contributed by atoms with Crippen molar-refractivity contribution >= 4 is 17.2 Å². The first-order valence-electron chi connectivity index (χ1n) is 9.95. The van der Waals surface area contributed by atoms with Crippen LogP contribution in [0.15, 0.2) is 66.0 Å². The Morgan fingerprint density at radius 2 is 1.86 bits per heavy atom. The molecule has 1 heterocycles. The van der Waals surface area contributed by atoms with Crippen LogP contribution in [0, 0.1) is 0 Å². The number of hydrogen-bond donors (Lipinski definition) is 2. The zero-order valence-electron chi connectivity index (χ0n) is 17.0. The summed E-state index contributed by atoms with van der Waals surface area (Å²) >= 11 is 1.70. The molecule has 0 bridgehead atoms. The van der Waals surface area contributed by atoms with E-state index >= 15 is 0 Å². The van der Waals surface area contributed by atoms with Crippen LogP contribution in [0.4, 0.5) is 0 Å². The third-order valence-corrected chi connectivity index (χ3v) is 5.86. The summed E-state index contributed by atoms with van der Waals surface area (Å²) in [6.07, 6.45) is 1.76. The van der Waals surface area contributed by atoms with Gasteiger partial charge in [0.25, 0.3) is 0 Å². The molecule has 0 aliphatic heterocycles. The number of para-hydroxylation sites is 1. The fourth-order valence-electron chi connectivity index (χ4n) is 3.29. The Morgan fingerprint density at radius 1 is 1.07 bits per heavy atom. The molecule has 152 valence electrons. The van der Waals surface area contributed by atoms with Gasteiger partial charge in [-0.1, -0.05) is 55.5 Å². The van der Waals surface area contributed by atoms with E-state index < -0.39 is 0 Å². The van der Waals surface area contributed by atoms with Crippen molar-refractivity contribution < 1.29 is 9.53 Å². The number of thiophene rings is 1. The number of carbonyl (C=O) groups excluding carboxylic acids is 1. The molecule has 0 spiro atoms. The number of aryl methyl sites for hydroxylation is 1. The van der Waals surface area contributed by atoms with Gasteiger partial charge in [-0.2, -0.15) is 0 Å². The Bertz CT molecular complexity index is 892. The monoisotopic (exact) mass is 408 g/mol. The van der Waals surface area contributed by atoms with Crippen LogP contribution in [-0.4, -0.2) is 26.1 Å². The molecular weight excluding hydrogens is 380 g/mol. The first-order chi connectivity index (χ1) is 14.2. The SMILES string of the molecule is CCc1ccc([C@@H](NCC(=O)NCCc2ccccc2OC)c2cccs2)cc1. The Morgan fingerprint density at radius 3 is 2.55 bits per heavy atom. The van der Waals surface area contributed by atoms with Crippen LogP contribution in [0.3, 0.4) is 0 Å². The van der Waals surface area contributed by atoms with Crippen molar-refractivity contribution in [3.63, 3.8) is 0 Å². The van der Waals surface area contributed by atoms with E-state index in [9.17, 15) is 4.79 Å². The van der Waals surface area contributed by atoms with Gasteiger partial charge < -0.3 is 10.1 Å². The zero-order chi connectivity index (χ0) is 20.5. The van der Waals surface area contributed by atoms with Gasteiger partial charge in [-0.25, -0.2) is 0 Å². The van der Waals surface area contributed by atoms with Gasteiger partial charge in [0.05, 0.1) is 19.7 Å². The molecule has 0 aliphatic rings. The molecule has 0 radical (unpaired) electrons. The van der Waals surface area contributed by atoms with Crippen LogP contribution in [-0.2, 0) is 17.6 Å². The number of hydrogen-bond acceptors (Lipinski definition) is 4. The number of ether oxygens (including phenoxy) is 1. The molecule has 4 nitrogen and oxygen atoms in total. The molecule has 3 rings (SSSR count). The average Bonchev–Trinajstić information content (AvgIpc) is 3.29. The number of methoxy groups -OCH3 is 1. The summed E-state index contributed by atoms with van der Waals surface area (Å²) in [6, 6.07) is 20.7. The average molecular weight is 409 g/mol. The minimum Gasteiger partial charge on any atom is -0.496 e. The highest BCUT2D eigenvalue weighted by molar-refractivity contribution is 7.10. The van der Waals surface area contributed by atoms with Crippen molar-refractivity contribution in [2.24, 2.45) is 0 Å². The van der Waals surface area contributed by atoms with Gasteiger partial charge in [-0.05, 0) is 47.0 Å². The number of rotatable bonds is 10. The van der Waals surface area contributed by atoms with E-state index in [-0.39, 0.29) is 18.5 Å². The molecule has 0 saturated heterocycles. The van der Waals surface area contributed by atoms with Crippen LogP contribution in [0.1, 0.15) is 34.5 Å². The molecule has 0 aliphatic carbocycles. The van der Waals surface area contributed by atoms with Crippen molar-refractivity contribution in [2.75, 3.05) is 20.2 Å². The number of benzene rings is 2. The van der Waals surface area contributed by atoms with E-state index in [2.05, 4.69) is 53.3 Å². The maximum Gasteiger partial charge on any atom is 0.233 e. The summed E-state index contributed by atoms with van der Waals surface area (Å²) in [7, 11) is 1.67. The molecule has 1 aromatic heterocycles. The summed E-state index contributed by atoms with van der Waals surface area (Å²) in [5, 5.41) is 8.49. The van der Waals surface area contributed by atoms with Crippen molar-refractivity contribution in [2.45, 2.75) is 25.8 Å². The van der Waals surface area contributed by atoms with Gasteiger partial charge in [0.2, 0.25) is 5.91 Å². The maximum atomic E-state index is 12.4. The van der Waals surface area contributed by atoms with Crippen LogP contribution < -0.4 is 15.4 Å². The van der Waals surface area contributed by atoms with Gasteiger partial charge in [-0.3, -0.25) is 10.1 Å². The van der Waals surface area contributed by atoms with Crippen LogP contribution in [0.5, 0.6) is 5.75 Å². The van der Waals surface area contributed by atoms with Crippen molar-refractivity contribution in [3.8, 4) is 5.75 Å². The quantitative estimate of drug-likeness (QED) is 0.524. The Hall–Kier alpha value is -2.63. The fourth-order valence-corrected chi connectivity index (χ4v) is 4.11. The summed E-state index contributed by atoms with van der Waals surface area (Å²) in [6.45, 7) is 3.00. The predicted molar refractivity (Wildman–Crippen MR) is 120 cm³/mol. The first kappa shape index (κ1) is 21.1. The lowest BCUT2D eigenvalue weighted by Crippen LogP contribution is -2.36. The van der Waals surface area contributed by atoms with Crippen molar-refractivity contribution in [1.29, 1.82) is 0 Å². The lowest BCUT2D eigenvalue weighted by molar-refractivity contribution is -0.120. The maximum absolute atomic E-state index is 12.4. The topological polar surface area (TPSA) is 50.4 Å². The number of carbonyl (C=O) groups is 1. The lowest BCUT2D eigenvalue weighted by Gasteiger charge is -2.18. The van der Waals surface area contributed by atoms with E-state index in [1.165, 1.54) is 16.0 Å². The highest BCUT2D eigenvalue weighted by atomic mass is 32.1. The molecule has 2 aromatic carbocycles. The van der Waals surface area contributed by atoms with E-state index in [0.29, 0.717) is 6.54 Å². The van der Waals surface area contributed by atoms with Crippen LogP contribution in [0.25, 0.3) is 0 Å². The second kappa shape index (κ2) is 10.8. The van der Waals surface area contributed by atoms with Crippen LogP contribution in [0.2, 0.25) is 0 Å². The van der Waals surface area contributed by atoms with Crippen molar-refractivity contribution in [1.82, 2.24) is 10.6 Å². The second-order valence-corrected chi connectivity index (χ2v) is 7.82. The van der Waals surface area contributed by atoms with Gasteiger partial charge in [0.1, 0.15) is 5.75 Å². The van der Waals surface area contributed by atoms with Gasteiger partial charge in [0, 0.05) is 11.4 Å². The third kappa shape index (κ3) is 5.92. The Kier molecular flexibility index (Phi) is 7.85. The minimum atomic E-state index is -0.00775. The van der Waals surface area contributed by atoms with Crippen molar-refractivity contribution in [3.05, 3.63) is 87.6 Å². The Balaban J connectivity index is 1.55. The summed E-state index contributed by atoms with van der Waals surface area (Å²) < 4.78 is 5.36. The summed E-state index contributed by atoms with van der Waals surface area (Å²) in [5.41, 5.74) is 3.58. The zero-order valence-corrected chi connectivity index (χ0v) is 17.8. The molecule has 2 N–H and O–H groups in total. The molecule has 3 aromatic rings.